The molecule has 3 N–H and O–H groups in total. The molecule has 10 heteroatoms. The van der Waals surface area contributed by atoms with E-state index in [4.69, 9.17) is 5.11 Å². The standard InChI is InChI=1S/C16H21N5O3S2/c1-2-10(18-13-5-6-17-20-13)12-3-4-14(22)21(12)7-8-25-16-19-11(9-26-16)15(23)24/h5-6,9-10,12H,2-4,7-8H2,1H3,(H,23,24)(H2,17,18,20)/t10?,12-/m1/s1. The highest BCUT2D eigenvalue weighted by atomic mass is 32.2. The Hall–Kier alpha value is -2.07. The van der Waals surface area contributed by atoms with E-state index in [0.717, 1.165) is 18.7 Å². The first kappa shape index (κ1) is 18.7. The second-order valence-electron chi connectivity index (χ2n) is 5.97. The first-order chi connectivity index (χ1) is 12.6. The summed E-state index contributed by atoms with van der Waals surface area (Å²) in [5.41, 5.74) is 0.0717. The number of rotatable bonds is 9. The second-order valence-corrected chi connectivity index (χ2v) is 8.17. The van der Waals surface area contributed by atoms with Crippen LogP contribution >= 0.6 is 23.1 Å². The third-order valence-corrected chi connectivity index (χ3v) is 6.38. The molecule has 140 valence electrons. The Bertz CT molecular complexity index is 749. The Labute approximate surface area is 159 Å². The summed E-state index contributed by atoms with van der Waals surface area (Å²) in [5, 5.41) is 20.7. The fourth-order valence-corrected chi connectivity index (χ4v) is 4.93. The molecule has 0 aromatic carbocycles. The molecule has 1 fully saturated rings. The van der Waals surface area contributed by atoms with Crippen LogP contribution in [0.15, 0.2) is 22.0 Å². The molecule has 2 aromatic rings. The van der Waals surface area contributed by atoms with Crippen molar-refractivity contribution in [3.8, 4) is 0 Å². The number of carboxylic acid groups (broad SMARTS) is 1. The normalized spacial score (nSPS) is 18.3. The van der Waals surface area contributed by atoms with Crippen LogP contribution in [0.5, 0.6) is 0 Å². The monoisotopic (exact) mass is 395 g/mol. The molecule has 0 aliphatic carbocycles. The van der Waals surface area contributed by atoms with Gasteiger partial charge in [0.15, 0.2) is 10.0 Å². The topological polar surface area (TPSA) is 111 Å². The van der Waals surface area contributed by atoms with Crippen LogP contribution in [0.25, 0.3) is 0 Å². The molecule has 0 bridgehead atoms. The average molecular weight is 396 g/mol. The van der Waals surface area contributed by atoms with Gasteiger partial charge in [0.1, 0.15) is 5.82 Å². The molecule has 0 spiro atoms. The van der Waals surface area contributed by atoms with Crippen LogP contribution < -0.4 is 5.32 Å². The molecular formula is C16H21N5O3S2. The van der Waals surface area contributed by atoms with Gasteiger partial charge in [0.2, 0.25) is 5.91 Å². The number of likely N-dealkylation sites (tertiary alicyclic amines) is 1. The van der Waals surface area contributed by atoms with Crippen molar-refractivity contribution in [3.63, 3.8) is 0 Å². The molecule has 0 saturated carbocycles. The predicted molar refractivity (Wildman–Crippen MR) is 101 cm³/mol. The first-order valence-corrected chi connectivity index (χ1v) is 10.3. The van der Waals surface area contributed by atoms with E-state index in [9.17, 15) is 9.59 Å². The van der Waals surface area contributed by atoms with Gasteiger partial charge in [-0.25, -0.2) is 9.78 Å². The summed E-state index contributed by atoms with van der Waals surface area (Å²) in [5.74, 6) is 0.703. The molecule has 1 unspecified atom stereocenters. The second kappa shape index (κ2) is 8.54. The number of nitrogens with zero attached hydrogens (tertiary/aromatic N) is 3. The van der Waals surface area contributed by atoms with Crippen molar-refractivity contribution >= 4 is 40.8 Å². The highest BCUT2D eigenvalue weighted by Crippen LogP contribution is 2.27. The highest BCUT2D eigenvalue weighted by molar-refractivity contribution is 8.01. The van der Waals surface area contributed by atoms with Gasteiger partial charge in [-0.3, -0.25) is 9.89 Å². The number of carboxylic acids is 1. The zero-order chi connectivity index (χ0) is 18.5. The van der Waals surface area contributed by atoms with Crippen molar-refractivity contribution in [1.82, 2.24) is 20.1 Å². The lowest BCUT2D eigenvalue weighted by atomic mass is 10.0. The van der Waals surface area contributed by atoms with Gasteiger partial charge < -0.3 is 15.3 Å². The maximum Gasteiger partial charge on any atom is 0.355 e. The number of thiazole rings is 1. The number of hydrogen-bond donors (Lipinski definition) is 3. The number of carbonyl (C=O) groups is 2. The van der Waals surface area contributed by atoms with Gasteiger partial charge in [0.05, 0.1) is 12.2 Å². The zero-order valence-corrected chi connectivity index (χ0v) is 16.0. The van der Waals surface area contributed by atoms with Gasteiger partial charge >= 0.3 is 5.97 Å². The molecular weight excluding hydrogens is 374 g/mol. The van der Waals surface area contributed by atoms with Crippen LogP contribution in [0.2, 0.25) is 0 Å². The number of carbonyl (C=O) groups excluding carboxylic acids is 1. The van der Waals surface area contributed by atoms with Crippen LogP contribution in [0.1, 0.15) is 36.7 Å². The molecule has 1 aliphatic rings. The molecule has 3 rings (SSSR count). The summed E-state index contributed by atoms with van der Waals surface area (Å²) >= 11 is 2.81. The number of nitrogens with one attached hydrogen (secondary N) is 2. The van der Waals surface area contributed by atoms with Crippen LogP contribution in [0, 0.1) is 0 Å². The summed E-state index contributed by atoms with van der Waals surface area (Å²) in [6.07, 6.45) is 4.00. The van der Waals surface area contributed by atoms with Crippen LogP contribution in [-0.4, -0.2) is 61.4 Å². The van der Waals surface area contributed by atoms with E-state index in [-0.39, 0.29) is 23.7 Å². The van der Waals surface area contributed by atoms with Crippen molar-refractivity contribution in [2.45, 2.75) is 42.6 Å². The van der Waals surface area contributed by atoms with Gasteiger partial charge in [0, 0.05) is 30.1 Å². The van der Waals surface area contributed by atoms with E-state index in [1.54, 1.807) is 6.20 Å². The Morgan fingerprint density at radius 2 is 2.46 bits per heavy atom. The molecule has 1 amide bonds. The molecule has 3 heterocycles. The fourth-order valence-electron chi connectivity index (χ4n) is 3.12. The number of aromatic carboxylic acids is 1. The fraction of sp³-hybridized carbons (Fsp3) is 0.500. The molecule has 1 aliphatic heterocycles. The predicted octanol–water partition coefficient (Wildman–Crippen LogP) is 2.54. The van der Waals surface area contributed by atoms with Gasteiger partial charge in [-0.05, 0) is 18.9 Å². The van der Waals surface area contributed by atoms with Crippen molar-refractivity contribution in [1.29, 1.82) is 0 Å². The lowest BCUT2D eigenvalue weighted by Gasteiger charge is -2.32. The smallest absolute Gasteiger partial charge is 0.355 e. The summed E-state index contributed by atoms with van der Waals surface area (Å²) in [4.78, 5) is 29.2. The summed E-state index contributed by atoms with van der Waals surface area (Å²) in [6.45, 7) is 2.73. The summed E-state index contributed by atoms with van der Waals surface area (Å²) in [7, 11) is 0. The van der Waals surface area contributed by atoms with E-state index in [0.29, 0.717) is 23.1 Å². The number of hydrogen-bond acceptors (Lipinski definition) is 7. The maximum absolute atomic E-state index is 12.3. The molecule has 8 nitrogen and oxygen atoms in total. The van der Waals surface area contributed by atoms with Crippen molar-refractivity contribution < 1.29 is 14.7 Å². The number of aromatic nitrogens is 3. The third-order valence-electron chi connectivity index (χ3n) is 4.38. The number of anilines is 1. The molecule has 1 saturated heterocycles. The van der Waals surface area contributed by atoms with Crippen molar-refractivity contribution in [2.75, 3.05) is 17.6 Å². The molecule has 0 radical (unpaired) electrons. The maximum atomic E-state index is 12.3. The average Bonchev–Trinajstić information content (AvgIpc) is 3.35. The molecule has 2 atom stereocenters. The van der Waals surface area contributed by atoms with Gasteiger partial charge in [0.25, 0.3) is 0 Å². The number of aromatic amines is 1. The lowest BCUT2D eigenvalue weighted by molar-refractivity contribution is -0.128. The first-order valence-electron chi connectivity index (χ1n) is 8.45. The Balaban J connectivity index is 1.57. The summed E-state index contributed by atoms with van der Waals surface area (Å²) in [6, 6.07) is 2.18. The van der Waals surface area contributed by atoms with Crippen LogP contribution in [0.3, 0.4) is 0 Å². The van der Waals surface area contributed by atoms with Gasteiger partial charge in [-0.1, -0.05) is 18.7 Å². The van der Waals surface area contributed by atoms with Crippen molar-refractivity contribution in [2.24, 2.45) is 0 Å². The van der Waals surface area contributed by atoms with Crippen molar-refractivity contribution in [3.05, 3.63) is 23.3 Å². The van der Waals surface area contributed by atoms with E-state index in [1.165, 1.54) is 28.5 Å². The van der Waals surface area contributed by atoms with E-state index in [1.807, 2.05) is 11.0 Å². The van der Waals surface area contributed by atoms with Gasteiger partial charge in [-0.2, -0.15) is 5.10 Å². The molecule has 26 heavy (non-hydrogen) atoms. The van der Waals surface area contributed by atoms with E-state index in [2.05, 4.69) is 27.4 Å². The minimum absolute atomic E-state index is 0.0717. The molecule has 2 aromatic heterocycles. The number of H-pyrrole nitrogens is 1. The Kier molecular flexibility index (Phi) is 6.15. The Morgan fingerprint density at radius 3 is 3.12 bits per heavy atom. The summed E-state index contributed by atoms with van der Waals surface area (Å²) < 4.78 is 0.716. The Morgan fingerprint density at radius 1 is 1.62 bits per heavy atom. The van der Waals surface area contributed by atoms with Crippen LogP contribution in [-0.2, 0) is 4.79 Å². The quantitative estimate of drug-likeness (QED) is 0.560. The zero-order valence-electron chi connectivity index (χ0n) is 14.3. The van der Waals surface area contributed by atoms with Gasteiger partial charge in [-0.15, -0.1) is 11.3 Å². The minimum Gasteiger partial charge on any atom is -0.476 e. The van der Waals surface area contributed by atoms with E-state index >= 15 is 0 Å². The van der Waals surface area contributed by atoms with E-state index < -0.39 is 5.97 Å². The number of thioether (sulfide) groups is 1. The lowest BCUT2D eigenvalue weighted by Crippen LogP contribution is -2.45. The largest absolute Gasteiger partial charge is 0.476 e. The SMILES string of the molecule is CCC(Nc1ccn[nH]1)[C@H]1CCC(=O)N1CCSc1nc(C(=O)O)cs1. The van der Waals surface area contributed by atoms with Crippen LogP contribution in [0.4, 0.5) is 5.82 Å². The minimum atomic E-state index is -1.02. The number of amides is 1. The highest BCUT2D eigenvalue weighted by Gasteiger charge is 2.35. The third kappa shape index (κ3) is 4.36.